The van der Waals surface area contributed by atoms with Crippen molar-refractivity contribution in [1.29, 1.82) is 0 Å². The molecule has 1 aromatic carbocycles. The fraction of sp³-hybridized carbons (Fsp3) is 0.462. The summed E-state index contributed by atoms with van der Waals surface area (Å²) in [6.45, 7) is 2.60. The number of nitro benzene ring substituents is 1. The van der Waals surface area contributed by atoms with Gasteiger partial charge in [0.15, 0.2) is 0 Å². The number of hydrogen-bond donors (Lipinski definition) is 2. The highest BCUT2D eigenvalue weighted by atomic mass is 16.6. The monoisotopic (exact) mass is 280 g/mol. The summed E-state index contributed by atoms with van der Waals surface area (Å²) in [7, 11) is 0. The van der Waals surface area contributed by atoms with Gasteiger partial charge in [-0.25, -0.2) is 4.79 Å². The lowest BCUT2D eigenvalue weighted by Gasteiger charge is -2.21. The highest BCUT2D eigenvalue weighted by molar-refractivity contribution is 5.89. The molecule has 2 atom stereocenters. The highest BCUT2D eigenvalue weighted by Crippen LogP contribution is 2.28. The van der Waals surface area contributed by atoms with Crippen molar-refractivity contribution >= 4 is 17.3 Å². The van der Waals surface area contributed by atoms with E-state index in [9.17, 15) is 14.9 Å². The van der Waals surface area contributed by atoms with Gasteiger partial charge in [-0.3, -0.25) is 10.1 Å². The van der Waals surface area contributed by atoms with Crippen molar-refractivity contribution in [3.8, 4) is 0 Å². The minimum absolute atomic E-state index is 0.0220. The number of nitro groups is 1. The van der Waals surface area contributed by atoms with Crippen LogP contribution in [0, 0.1) is 10.1 Å². The standard InChI is InChI=1S/C13H16N2O5/c1-8(12-3-2-6-20-12)14-10-5-4-9(13(16)17)7-11(10)15(18)19/h4-5,7-8,12,14H,2-3,6H2,1H3,(H,16,17). The van der Waals surface area contributed by atoms with E-state index in [1.807, 2.05) is 6.92 Å². The largest absolute Gasteiger partial charge is 0.478 e. The van der Waals surface area contributed by atoms with Crippen LogP contribution in [0.4, 0.5) is 11.4 Å². The Morgan fingerprint density at radius 2 is 2.35 bits per heavy atom. The molecule has 2 N–H and O–H groups in total. The van der Waals surface area contributed by atoms with Crippen molar-refractivity contribution in [3.63, 3.8) is 0 Å². The lowest BCUT2D eigenvalue weighted by atomic mass is 10.1. The average Bonchev–Trinajstić information content (AvgIpc) is 2.92. The van der Waals surface area contributed by atoms with Gasteiger partial charge in [-0.1, -0.05) is 0 Å². The van der Waals surface area contributed by atoms with Crippen LogP contribution in [0.1, 0.15) is 30.1 Å². The smallest absolute Gasteiger partial charge is 0.335 e. The predicted molar refractivity (Wildman–Crippen MR) is 72.1 cm³/mol. The first kappa shape index (κ1) is 14.3. The van der Waals surface area contributed by atoms with E-state index in [-0.39, 0.29) is 23.4 Å². The van der Waals surface area contributed by atoms with E-state index in [0.29, 0.717) is 12.3 Å². The van der Waals surface area contributed by atoms with Crippen molar-refractivity contribution in [2.45, 2.75) is 31.9 Å². The van der Waals surface area contributed by atoms with E-state index >= 15 is 0 Å². The van der Waals surface area contributed by atoms with Crippen LogP contribution in [0.5, 0.6) is 0 Å². The van der Waals surface area contributed by atoms with Crippen LogP contribution in [-0.2, 0) is 4.74 Å². The molecule has 1 aliphatic rings. The molecule has 108 valence electrons. The van der Waals surface area contributed by atoms with Crippen LogP contribution < -0.4 is 5.32 Å². The third-order valence-electron chi connectivity index (χ3n) is 3.35. The Kier molecular flexibility index (Phi) is 4.19. The second-order valence-corrected chi connectivity index (χ2v) is 4.78. The second kappa shape index (κ2) is 5.87. The van der Waals surface area contributed by atoms with Gasteiger partial charge in [-0.05, 0) is 31.9 Å². The fourth-order valence-corrected chi connectivity index (χ4v) is 2.27. The van der Waals surface area contributed by atoms with E-state index in [1.165, 1.54) is 12.1 Å². The van der Waals surface area contributed by atoms with Crippen LogP contribution >= 0.6 is 0 Å². The van der Waals surface area contributed by atoms with Gasteiger partial charge in [0.1, 0.15) is 5.69 Å². The second-order valence-electron chi connectivity index (χ2n) is 4.78. The third-order valence-corrected chi connectivity index (χ3v) is 3.35. The van der Waals surface area contributed by atoms with Gasteiger partial charge in [0, 0.05) is 18.7 Å². The molecule has 0 aromatic heterocycles. The Bertz CT molecular complexity index is 525. The number of aromatic carboxylic acids is 1. The maximum absolute atomic E-state index is 11.0. The average molecular weight is 280 g/mol. The van der Waals surface area contributed by atoms with Crippen molar-refractivity contribution in [3.05, 3.63) is 33.9 Å². The topological polar surface area (TPSA) is 102 Å². The quantitative estimate of drug-likeness (QED) is 0.633. The van der Waals surface area contributed by atoms with Crippen LogP contribution in [0.2, 0.25) is 0 Å². The van der Waals surface area contributed by atoms with E-state index < -0.39 is 10.9 Å². The van der Waals surface area contributed by atoms with Crippen molar-refractivity contribution in [2.75, 3.05) is 11.9 Å². The highest BCUT2D eigenvalue weighted by Gasteiger charge is 2.25. The lowest BCUT2D eigenvalue weighted by molar-refractivity contribution is -0.384. The molecule has 1 aliphatic heterocycles. The molecule has 0 aliphatic carbocycles. The van der Waals surface area contributed by atoms with E-state index in [1.54, 1.807) is 0 Å². The molecule has 0 saturated carbocycles. The maximum atomic E-state index is 11.0. The molecule has 7 heteroatoms. The van der Waals surface area contributed by atoms with Crippen LogP contribution in [0.25, 0.3) is 0 Å². The molecule has 1 saturated heterocycles. The van der Waals surface area contributed by atoms with Crippen molar-refractivity contribution in [1.82, 2.24) is 0 Å². The molecule has 1 fully saturated rings. The lowest BCUT2D eigenvalue weighted by Crippen LogP contribution is -2.30. The molecular weight excluding hydrogens is 264 g/mol. The Morgan fingerprint density at radius 3 is 2.90 bits per heavy atom. The first-order valence-electron chi connectivity index (χ1n) is 6.39. The van der Waals surface area contributed by atoms with Gasteiger partial charge >= 0.3 is 5.97 Å². The zero-order valence-electron chi connectivity index (χ0n) is 11.0. The molecule has 0 spiro atoms. The SMILES string of the molecule is CC(Nc1ccc(C(=O)O)cc1[N+](=O)[O-])C1CCCO1. The normalized spacial score (nSPS) is 19.6. The zero-order chi connectivity index (χ0) is 14.7. The van der Waals surface area contributed by atoms with Gasteiger partial charge in [-0.15, -0.1) is 0 Å². The first-order chi connectivity index (χ1) is 9.49. The van der Waals surface area contributed by atoms with E-state index in [0.717, 1.165) is 18.9 Å². The fourth-order valence-electron chi connectivity index (χ4n) is 2.27. The summed E-state index contributed by atoms with van der Waals surface area (Å²) >= 11 is 0. The summed E-state index contributed by atoms with van der Waals surface area (Å²) in [6, 6.07) is 3.76. The van der Waals surface area contributed by atoms with Gasteiger partial charge in [0.05, 0.1) is 16.6 Å². The van der Waals surface area contributed by atoms with Crippen LogP contribution in [-0.4, -0.2) is 34.8 Å². The Hall–Kier alpha value is -2.15. The summed E-state index contributed by atoms with van der Waals surface area (Å²) in [4.78, 5) is 21.3. The number of rotatable bonds is 5. The number of anilines is 1. The number of ether oxygens (including phenoxy) is 1. The Balaban J connectivity index is 2.21. The molecule has 7 nitrogen and oxygen atoms in total. The summed E-state index contributed by atoms with van der Waals surface area (Å²) in [5.74, 6) is -1.19. The molecular formula is C13H16N2O5. The minimum Gasteiger partial charge on any atom is -0.478 e. The zero-order valence-corrected chi connectivity index (χ0v) is 11.0. The summed E-state index contributed by atoms with van der Waals surface area (Å²) in [6.07, 6.45) is 1.92. The predicted octanol–water partition coefficient (Wildman–Crippen LogP) is 2.27. The summed E-state index contributed by atoms with van der Waals surface area (Å²) in [5.41, 5.74) is -0.0373. The summed E-state index contributed by atoms with van der Waals surface area (Å²) < 4.78 is 5.52. The maximum Gasteiger partial charge on any atom is 0.335 e. The third kappa shape index (κ3) is 3.05. The Labute approximate surface area is 115 Å². The van der Waals surface area contributed by atoms with Gasteiger partial charge in [0.25, 0.3) is 5.69 Å². The van der Waals surface area contributed by atoms with Crippen LogP contribution in [0.15, 0.2) is 18.2 Å². The number of nitrogens with zero attached hydrogens (tertiary/aromatic N) is 1. The molecule has 20 heavy (non-hydrogen) atoms. The molecule has 1 aromatic rings. The van der Waals surface area contributed by atoms with E-state index in [4.69, 9.17) is 9.84 Å². The molecule has 1 heterocycles. The number of hydrogen-bond acceptors (Lipinski definition) is 5. The number of carboxylic acids is 1. The molecule has 0 amide bonds. The number of nitrogens with one attached hydrogen (secondary N) is 1. The van der Waals surface area contributed by atoms with E-state index in [2.05, 4.69) is 5.32 Å². The van der Waals surface area contributed by atoms with Crippen LogP contribution in [0.3, 0.4) is 0 Å². The molecule has 0 bridgehead atoms. The molecule has 2 rings (SSSR count). The number of carbonyl (C=O) groups is 1. The number of carboxylic acid groups (broad SMARTS) is 1. The molecule has 0 radical (unpaired) electrons. The number of benzene rings is 1. The summed E-state index contributed by atoms with van der Waals surface area (Å²) in [5, 5.41) is 23.0. The Morgan fingerprint density at radius 1 is 1.60 bits per heavy atom. The van der Waals surface area contributed by atoms with Gasteiger partial charge in [0.2, 0.25) is 0 Å². The van der Waals surface area contributed by atoms with Gasteiger partial charge < -0.3 is 15.2 Å². The molecule has 2 unspecified atom stereocenters. The minimum atomic E-state index is -1.19. The van der Waals surface area contributed by atoms with Crippen molar-refractivity contribution < 1.29 is 19.6 Å². The van der Waals surface area contributed by atoms with Crippen molar-refractivity contribution in [2.24, 2.45) is 0 Å². The first-order valence-corrected chi connectivity index (χ1v) is 6.39. The van der Waals surface area contributed by atoms with Gasteiger partial charge in [-0.2, -0.15) is 0 Å².